The van der Waals surface area contributed by atoms with E-state index in [0.29, 0.717) is 5.69 Å². The zero-order valence-electron chi connectivity index (χ0n) is 15.5. The van der Waals surface area contributed by atoms with Crippen LogP contribution in [0.1, 0.15) is 27.1 Å². The van der Waals surface area contributed by atoms with Crippen molar-refractivity contribution in [1.29, 1.82) is 0 Å². The van der Waals surface area contributed by atoms with Gasteiger partial charge >= 0.3 is 5.97 Å². The van der Waals surface area contributed by atoms with E-state index in [0.717, 1.165) is 23.9 Å². The van der Waals surface area contributed by atoms with Gasteiger partial charge in [0.05, 0.1) is 5.56 Å². The van der Waals surface area contributed by atoms with Crippen LogP contribution in [0.4, 0.5) is 10.1 Å². The Morgan fingerprint density at radius 2 is 1.70 bits per heavy atom. The number of hydrogen-bond donors (Lipinski definition) is 2. The standard InChI is InChI=1S/C20H16FN3O5S/c21-13-5-1-11(2-6-13)15(25)10-29-19(28)12-3-7-14(8-4-12)23-17(26)9-16-18(27)24-20(22)30-16/h1-8,16H,9-10H2,(H,23,26)(H2,22,24,27). The molecular formula is C20H16FN3O5S. The number of halogens is 1. The van der Waals surface area contributed by atoms with Gasteiger partial charge in [0.15, 0.2) is 17.6 Å². The molecule has 1 aliphatic rings. The molecule has 30 heavy (non-hydrogen) atoms. The van der Waals surface area contributed by atoms with Crippen LogP contribution in [0.5, 0.6) is 0 Å². The van der Waals surface area contributed by atoms with Gasteiger partial charge in [0.1, 0.15) is 11.1 Å². The number of amidine groups is 1. The van der Waals surface area contributed by atoms with E-state index in [9.17, 15) is 23.6 Å². The molecule has 154 valence electrons. The van der Waals surface area contributed by atoms with Crippen molar-refractivity contribution in [3.8, 4) is 0 Å². The maximum Gasteiger partial charge on any atom is 0.338 e. The number of anilines is 1. The van der Waals surface area contributed by atoms with Gasteiger partial charge in [-0.05, 0) is 48.5 Å². The van der Waals surface area contributed by atoms with Crippen LogP contribution < -0.4 is 11.1 Å². The minimum absolute atomic E-state index is 0.0804. The van der Waals surface area contributed by atoms with Crippen molar-refractivity contribution in [3.05, 3.63) is 65.5 Å². The molecule has 1 atom stereocenters. The molecule has 3 rings (SSSR count). The van der Waals surface area contributed by atoms with E-state index in [1.165, 1.54) is 36.4 Å². The Bertz CT molecular complexity index is 1020. The van der Waals surface area contributed by atoms with Crippen LogP contribution in [0.15, 0.2) is 53.5 Å². The number of aliphatic imine (C=N–C) groups is 1. The van der Waals surface area contributed by atoms with E-state index < -0.39 is 41.2 Å². The molecule has 8 nitrogen and oxygen atoms in total. The Labute approximate surface area is 174 Å². The van der Waals surface area contributed by atoms with Gasteiger partial charge in [0.25, 0.3) is 5.91 Å². The van der Waals surface area contributed by atoms with Crippen LogP contribution in [-0.2, 0) is 14.3 Å². The molecule has 10 heteroatoms. The summed E-state index contributed by atoms with van der Waals surface area (Å²) in [7, 11) is 0. The van der Waals surface area contributed by atoms with E-state index in [-0.39, 0.29) is 22.7 Å². The summed E-state index contributed by atoms with van der Waals surface area (Å²) in [5, 5.41) is 2.11. The van der Waals surface area contributed by atoms with Crippen LogP contribution in [0.25, 0.3) is 0 Å². The van der Waals surface area contributed by atoms with Crippen LogP contribution in [0.2, 0.25) is 0 Å². The first-order valence-corrected chi connectivity index (χ1v) is 9.60. The number of amides is 2. The molecule has 0 bridgehead atoms. The lowest BCUT2D eigenvalue weighted by Gasteiger charge is -2.09. The largest absolute Gasteiger partial charge is 0.454 e. The van der Waals surface area contributed by atoms with Crippen molar-refractivity contribution in [2.75, 3.05) is 11.9 Å². The molecule has 0 aliphatic carbocycles. The third-order valence-electron chi connectivity index (χ3n) is 4.03. The summed E-state index contributed by atoms with van der Waals surface area (Å²) in [6.07, 6.45) is -0.0804. The average molecular weight is 429 g/mol. The fraction of sp³-hybridized carbons (Fsp3) is 0.150. The zero-order valence-corrected chi connectivity index (χ0v) is 16.3. The molecule has 1 heterocycles. The molecule has 0 radical (unpaired) electrons. The highest BCUT2D eigenvalue weighted by atomic mass is 32.2. The molecule has 0 spiro atoms. The lowest BCUT2D eigenvalue weighted by molar-refractivity contribution is -0.121. The van der Waals surface area contributed by atoms with Crippen molar-refractivity contribution in [2.45, 2.75) is 11.7 Å². The number of nitrogens with one attached hydrogen (secondary N) is 1. The van der Waals surface area contributed by atoms with Gasteiger partial charge < -0.3 is 15.8 Å². The molecule has 2 aromatic carbocycles. The maximum absolute atomic E-state index is 12.9. The van der Waals surface area contributed by atoms with Crippen LogP contribution >= 0.6 is 11.8 Å². The summed E-state index contributed by atoms with van der Waals surface area (Å²) < 4.78 is 17.9. The quantitative estimate of drug-likeness (QED) is 0.510. The fourth-order valence-corrected chi connectivity index (χ4v) is 3.36. The fourth-order valence-electron chi connectivity index (χ4n) is 2.54. The first-order chi connectivity index (χ1) is 14.3. The van der Waals surface area contributed by atoms with E-state index in [2.05, 4.69) is 10.3 Å². The monoisotopic (exact) mass is 429 g/mol. The van der Waals surface area contributed by atoms with Crippen molar-refractivity contribution in [1.82, 2.24) is 0 Å². The SMILES string of the molecule is NC1=NC(=O)C(CC(=O)Nc2ccc(C(=O)OCC(=O)c3ccc(F)cc3)cc2)S1. The lowest BCUT2D eigenvalue weighted by Crippen LogP contribution is -2.21. The number of nitrogens with zero attached hydrogens (tertiary/aromatic N) is 1. The summed E-state index contributed by atoms with van der Waals surface area (Å²) in [6, 6.07) is 10.7. The van der Waals surface area contributed by atoms with Gasteiger partial charge in [-0.1, -0.05) is 11.8 Å². The molecule has 1 aliphatic heterocycles. The minimum Gasteiger partial charge on any atom is -0.454 e. The minimum atomic E-state index is -0.719. The molecule has 0 saturated heterocycles. The number of benzene rings is 2. The van der Waals surface area contributed by atoms with Gasteiger partial charge in [-0.3, -0.25) is 14.4 Å². The third kappa shape index (κ3) is 5.51. The molecule has 0 aromatic heterocycles. The van der Waals surface area contributed by atoms with Crippen LogP contribution in [0, 0.1) is 5.82 Å². The predicted octanol–water partition coefficient (Wildman–Crippen LogP) is 2.15. The molecule has 2 amide bonds. The number of esters is 1. The maximum atomic E-state index is 12.9. The second-order valence-corrected chi connectivity index (χ2v) is 7.45. The van der Waals surface area contributed by atoms with Gasteiger partial charge in [0.2, 0.25) is 5.91 Å². The second-order valence-electron chi connectivity index (χ2n) is 6.23. The summed E-state index contributed by atoms with van der Waals surface area (Å²) in [4.78, 5) is 51.2. The molecule has 0 saturated carbocycles. The first kappa shape index (κ1) is 21.2. The lowest BCUT2D eigenvalue weighted by atomic mass is 10.1. The zero-order chi connectivity index (χ0) is 21.7. The van der Waals surface area contributed by atoms with Crippen LogP contribution in [0.3, 0.4) is 0 Å². The normalized spacial score (nSPS) is 15.4. The van der Waals surface area contributed by atoms with Crippen molar-refractivity contribution in [2.24, 2.45) is 10.7 Å². The van der Waals surface area contributed by atoms with Gasteiger partial charge in [-0.15, -0.1) is 0 Å². The Morgan fingerprint density at radius 1 is 1.07 bits per heavy atom. The predicted molar refractivity (Wildman–Crippen MR) is 109 cm³/mol. The second kappa shape index (κ2) is 9.31. The highest BCUT2D eigenvalue weighted by Gasteiger charge is 2.29. The number of ether oxygens (including phenoxy) is 1. The topological polar surface area (TPSA) is 128 Å². The Hall–Kier alpha value is -3.53. The number of carbonyl (C=O) groups is 4. The molecular weight excluding hydrogens is 413 g/mol. The molecule has 0 fully saturated rings. The van der Waals surface area contributed by atoms with E-state index in [1.807, 2.05) is 0 Å². The van der Waals surface area contributed by atoms with E-state index in [1.54, 1.807) is 0 Å². The number of hydrogen-bond acceptors (Lipinski definition) is 7. The van der Waals surface area contributed by atoms with E-state index >= 15 is 0 Å². The highest BCUT2D eigenvalue weighted by Crippen LogP contribution is 2.23. The summed E-state index contributed by atoms with van der Waals surface area (Å²) in [5.41, 5.74) is 6.28. The number of carbonyl (C=O) groups excluding carboxylic acids is 4. The Morgan fingerprint density at radius 3 is 2.30 bits per heavy atom. The molecule has 1 unspecified atom stereocenters. The van der Waals surface area contributed by atoms with E-state index in [4.69, 9.17) is 10.5 Å². The summed E-state index contributed by atoms with van der Waals surface area (Å²) in [6.45, 7) is -0.485. The van der Waals surface area contributed by atoms with Crippen molar-refractivity contribution < 1.29 is 28.3 Å². The summed E-state index contributed by atoms with van der Waals surface area (Å²) in [5.74, 6) is -2.49. The molecule has 2 aromatic rings. The van der Waals surface area contributed by atoms with Gasteiger partial charge in [0, 0.05) is 17.7 Å². The number of nitrogens with two attached hydrogens (primary N) is 1. The first-order valence-electron chi connectivity index (χ1n) is 8.72. The van der Waals surface area contributed by atoms with Crippen LogP contribution in [-0.4, -0.2) is 40.6 Å². The number of rotatable bonds is 7. The van der Waals surface area contributed by atoms with Crippen molar-refractivity contribution in [3.63, 3.8) is 0 Å². The third-order valence-corrected chi connectivity index (χ3v) is 5.02. The number of Topliss-reactive ketones (excluding diaryl/α,β-unsaturated/α-hetero) is 1. The Balaban J connectivity index is 1.49. The molecule has 3 N–H and O–H groups in total. The smallest absolute Gasteiger partial charge is 0.338 e. The Kier molecular flexibility index (Phi) is 6.58. The summed E-state index contributed by atoms with van der Waals surface area (Å²) >= 11 is 1.04. The van der Waals surface area contributed by atoms with Gasteiger partial charge in [-0.2, -0.15) is 4.99 Å². The van der Waals surface area contributed by atoms with Gasteiger partial charge in [-0.25, -0.2) is 9.18 Å². The highest BCUT2D eigenvalue weighted by molar-refractivity contribution is 8.15. The number of thioether (sulfide) groups is 1. The number of ketones is 1. The average Bonchev–Trinajstić information content (AvgIpc) is 3.03. The van der Waals surface area contributed by atoms with Crippen molar-refractivity contribution >= 4 is 46.2 Å².